The Balaban J connectivity index is 0.000000377. The molecular weight excluding hydrogens is 382 g/mol. The highest BCUT2D eigenvalue weighted by Crippen LogP contribution is 2.32. The van der Waals surface area contributed by atoms with Crippen LogP contribution in [0.5, 0.6) is 0 Å². The Morgan fingerprint density at radius 1 is 0.933 bits per heavy atom. The highest BCUT2D eigenvalue weighted by atomic mass is 16.4. The van der Waals surface area contributed by atoms with E-state index in [1.165, 1.54) is 74.1 Å². The molecule has 160 valence electrons. The fourth-order valence-corrected chi connectivity index (χ4v) is 4.03. The number of hydrogen-bond acceptors (Lipinski definition) is 4. The maximum absolute atomic E-state index is 9.10. The first-order chi connectivity index (χ1) is 14.6. The molecule has 2 aliphatic rings. The van der Waals surface area contributed by atoms with E-state index in [2.05, 4.69) is 52.2 Å². The molecule has 7 nitrogen and oxygen atoms in total. The van der Waals surface area contributed by atoms with Crippen molar-refractivity contribution >= 4 is 17.5 Å². The first-order valence-corrected chi connectivity index (χ1v) is 10.6. The van der Waals surface area contributed by atoms with Crippen molar-refractivity contribution < 1.29 is 19.8 Å². The molecule has 4 rings (SSSR count). The lowest BCUT2D eigenvalue weighted by Gasteiger charge is -2.21. The van der Waals surface area contributed by atoms with Gasteiger partial charge in [0, 0.05) is 12.1 Å². The molecule has 1 fully saturated rings. The van der Waals surface area contributed by atoms with E-state index in [-0.39, 0.29) is 0 Å². The van der Waals surface area contributed by atoms with Crippen molar-refractivity contribution in [3.63, 3.8) is 0 Å². The van der Waals surface area contributed by atoms with Crippen molar-refractivity contribution in [1.82, 2.24) is 14.7 Å². The molecular formula is C23H29N3O4. The van der Waals surface area contributed by atoms with Crippen LogP contribution in [-0.4, -0.2) is 56.5 Å². The number of benzene rings is 1. The summed E-state index contributed by atoms with van der Waals surface area (Å²) in [5.41, 5.74) is 5.43. The predicted molar refractivity (Wildman–Crippen MR) is 115 cm³/mol. The predicted octanol–water partition coefficient (Wildman–Crippen LogP) is 3.62. The number of hydrogen-bond donors (Lipinski definition) is 2. The summed E-state index contributed by atoms with van der Waals surface area (Å²) in [4.78, 5) is 20.8. The van der Waals surface area contributed by atoms with E-state index in [1.54, 1.807) is 0 Å². The van der Waals surface area contributed by atoms with Crippen LogP contribution in [-0.2, 0) is 16.0 Å². The number of fused-ring (bicyclic) bond motifs is 1. The van der Waals surface area contributed by atoms with Gasteiger partial charge in [0.1, 0.15) is 0 Å². The van der Waals surface area contributed by atoms with E-state index in [0.717, 1.165) is 13.0 Å². The molecule has 1 aliphatic carbocycles. The molecule has 0 amide bonds. The molecule has 30 heavy (non-hydrogen) atoms. The Hall–Kier alpha value is -2.93. The molecule has 1 saturated heterocycles. The molecule has 1 aromatic carbocycles. The molecule has 2 N–H and O–H groups in total. The van der Waals surface area contributed by atoms with Crippen LogP contribution < -0.4 is 0 Å². The van der Waals surface area contributed by atoms with Gasteiger partial charge in [-0.3, -0.25) is 4.90 Å². The van der Waals surface area contributed by atoms with Crippen LogP contribution in [0.1, 0.15) is 49.8 Å². The monoisotopic (exact) mass is 411 g/mol. The van der Waals surface area contributed by atoms with Crippen molar-refractivity contribution in [2.75, 3.05) is 19.6 Å². The third-order valence-electron chi connectivity index (χ3n) is 5.55. The van der Waals surface area contributed by atoms with Crippen LogP contribution in [0.3, 0.4) is 0 Å². The SMILES string of the molecule is C(CN1CCCCCC1)=C1CCCc2c1cnn2-c1ccccc1.O=C(O)C(=O)O. The number of aromatic nitrogens is 2. The van der Waals surface area contributed by atoms with Crippen LogP contribution in [0.4, 0.5) is 0 Å². The smallest absolute Gasteiger partial charge is 0.414 e. The van der Waals surface area contributed by atoms with Crippen molar-refractivity contribution in [3.8, 4) is 5.69 Å². The molecule has 0 saturated carbocycles. The van der Waals surface area contributed by atoms with E-state index >= 15 is 0 Å². The van der Waals surface area contributed by atoms with Crippen molar-refractivity contribution in [3.05, 3.63) is 53.9 Å². The summed E-state index contributed by atoms with van der Waals surface area (Å²) in [5.74, 6) is -3.65. The summed E-state index contributed by atoms with van der Waals surface area (Å²) in [6.45, 7) is 3.63. The number of aliphatic carboxylic acids is 2. The average Bonchev–Trinajstić information content (AvgIpc) is 3.02. The lowest BCUT2D eigenvalue weighted by atomic mass is 9.92. The van der Waals surface area contributed by atoms with Crippen LogP contribution >= 0.6 is 0 Å². The van der Waals surface area contributed by atoms with Crippen LogP contribution in [0.25, 0.3) is 11.3 Å². The number of carboxylic acids is 2. The summed E-state index contributed by atoms with van der Waals surface area (Å²) in [7, 11) is 0. The van der Waals surface area contributed by atoms with Gasteiger partial charge in [0.15, 0.2) is 0 Å². The molecule has 0 unspecified atom stereocenters. The average molecular weight is 412 g/mol. The normalized spacial score (nSPS) is 18.1. The highest BCUT2D eigenvalue weighted by molar-refractivity contribution is 6.27. The van der Waals surface area contributed by atoms with Crippen LogP contribution in [0.15, 0.2) is 42.6 Å². The molecule has 7 heteroatoms. The maximum Gasteiger partial charge on any atom is 0.414 e. The molecule has 2 heterocycles. The second kappa shape index (κ2) is 10.7. The minimum absolute atomic E-state index is 1.10. The first-order valence-electron chi connectivity index (χ1n) is 10.6. The van der Waals surface area contributed by atoms with Gasteiger partial charge in [-0.2, -0.15) is 5.10 Å². The molecule has 1 aromatic heterocycles. The van der Waals surface area contributed by atoms with Gasteiger partial charge in [-0.05, 0) is 62.9 Å². The highest BCUT2D eigenvalue weighted by Gasteiger charge is 2.20. The zero-order valence-corrected chi connectivity index (χ0v) is 17.2. The van der Waals surface area contributed by atoms with Gasteiger partial charge < -0.3 is 10.2 Å². The second-order valence-electron chi connectivity index (χ2n) is 7.66. The van der Waals surface area contributed by atoms with Crippen molar-refractivity contribution in [2.24, 2.45) is 0 Å². The van der Waals surface area contributed by atoms with Crippen molar-refractivity contribution in [1.29, 1.82) is 0 Å². The minimum Gasteiger partial charge on any atom is -0.473 e. The number of allylic oxidation sites excluding steroid dienone is 1. The fraction of sp³-hybridized carbons (Fsp3) is 0.435. The Kier molecular flexibility index (Phi) is 7.79. The van der Waals surface area contributed by atoms with E-state index in [9.17, 15) is 0 Å². The van der Waals surface area contributed by atoms with Gasteiger partial charge >= 0.3 is 11.9 Å². The third kappa shape index (κ3) is 5.79. The zero-order chi connectivity index (χ0) is 21.3. The summed E-state index contributed by atoms with van der Waals surface area (Å²) >= 11 is 0. The lowest BCUT2D eigenvalue weighted by Crippen LogP contribution is -2.24. The summed E-state index contributed by atoms with van der Waals surface area (Å²) < 4.78 is 2.13. The standard InChI is InChI=1S/C21H27N3.C2H2O4/c1-2-7-15-23(14-6-1)16-13-18-9-8-12-21-20(18)17-22-24(21)19-10-4-3-5-11-19;3-1(4)2(5)6/h3-5,10-11,13,17H,1-2,6-9,12,14-16H2;(H,3,4)(H,5,6). The molecule has 0 spiro atoms. The number of carboxylic acid groups (broad SMARTS) is 2. The summed E-state index contributed by atoms with van der Waals surface area (Å²) in [6, 6.07) is 10.5. The molecule has 0 radical (unpaired) electrons. The van der Waals surface area contributed by atoms with E-state index in [0.29, 0.717) is 0 Å². The molecule has 0 atom stereocenters. The van der Waals surface area contributed by atoms with E-state index in [4.69, 9.17) is 24.9 Å². The van der Waals surface area contributed by atoms with Gasteiger partial charge in [-0.15, -0.1) is 0 Å². The van der Waals surface area contributed by atoms with Gasteiger partial charge in [0.2, 0.25) is 0 Å². The Labute approximate surface area is 176 Å². The molecule has 1 aliphatic heterocycles. The lowest BCUT2D eigenvalue weighted by molar-refractivity contribution is -0.159. The van der Waals surface area contributed by atoms with Gasteiger partial charge in [-0.25, -0.2) is 14.3 Å². The quantitative estimate of drug-likeness (QED) is 0.749. The van der Waals surface area contributed by atoms with Crippen LogP contribution in [0, 0.1) is 0 Å². The van der Waals surface area contributed by atoms with Crippen LogP contribution in [0.2, 0.25) is 0 Å². The zero-order valence-electron chi connectivity index (χ0n) is 17.2. The fourth-order valence-electron chi connectivity index (χ4n) is 4.03. The van der Waals surface area contributed by atoms with Crippen molar-refractivity contribution in [2.45, 2.75) is 44.9 Å². The summed E-state index contributed by atoms with van der Waals surface area (Å²) in [5, 5.41) is 19.5. The molecule has 2 aromatic rings. The van der Waals surface area contributed by atoms with Gasteiger partial charge in [-0.1, -0.05) is 37.1 Å². The number of para-hydroxylation sites is 1. The van der Waals surface area contributed by atoms with Gasteiger partial charge in [0.25, 0.3) is 0 Å². The second-order valence-corrected chi connectivity index (χ2v) is 7.66. The number of nitrogens with zero attached hydrogens (tertiary/aromatic N) is 3. The Bertz CT molecular complexity index is 869. The Morgan fingerprint density at radius 3 is 2.23 bits per heavy atom. The largest absolute Gasteiger partial charge is 0.473 e. The minimum atomic E-state index is -1.82. The van der Waals surface area contributed by atoms with E-state index in [1.807, 2.05) is 0 Å². The maximum atomic E-state index is 9.10. The van der Waals surface area contributed by atoms with Gasteiger partial charge in [0.05, 0.1) is 17.6 Å². The first kappa shape index (κ1) is 21.8. The third-order valence-corrected chi connectivity index (χ3v) is 5.55. The number of carbonyl (C=O) groups is 2. The number of rotatable bonds is 3. The van der Waals surface area contributed by atoms with E-state index < -0.39 is 11.9 Å². The topological polar surface area (TPSA) is 95.7 Å². The molecule has 0 bridgehead atoms. The summed E-state index contributed by atoms with van der Waals surface area (Å²) in [6.07, 6.45) is 13.6. The Morgan fingerprint density at radius 2 is 1.60 bits per heavy atom. The number of likely N-dealkylation sites (tertiary alicyclic amines) is 1.